The van der Waals surface area contributed by atoms with Gasteiger partial charge in [0.15, 0.2) is 0 Å². The number of carbonyl (C=O) groups excluding carboxylic acids is 1. The van der Waals surface area contributed by atoms with Gasteiger partial charge in [-0.3, -0.25) is 9.78 Å². The van der Waals surface area contributed by atoms with Crippen LogP contribution >= 0.6 is 11.6 Å². The van der Waals surface area contributed by atoms with Crippen molar-refractivity contribution in [1.82, 2.24) is 14.8 Å². The van der Waals surface area contributed by atoms with E-state index in [1.54, 1.807) is 36.4 Å². The number of anilines is 1. The fourth-order valence-corrected chi connectivity index (χ4v) is 2.33. The zero-order valence-electron chi connectivity index (χ0n) is 12.6. The first kappa shape index (κ1) is 15.8. The zero-order valence-corrected chi connectivity index (χ0v) is 13.3. The Morgan fingerprint density at radius 2 is 1.83 bits per heavy atom. The number of nitrogens with zero attached hydrogens (tertiary/aromatic N) is 1. The smallest absolute Gasteiger partial charge is 0.322 e. The summed E-state index contributed by atoms with van der Waals surface area (Å²) >= 11 is 6.03. The molecule has 0 spiro atoms. The molecule has 0 aliphatic rings. The molecule has 0 saturated carbocycles. The summed E-state index contributed by atoms with van der Waals surface area (Å²) in [5.41, 5.74) is 1.18. The fraction of sp³-hybridized carbons (Fsp3) is 0.0625. The second-order valence-corrected chi connectivity index (χ2v) is 5.58. The number of H-pyrrole nitrogens is 2. The van der Waals surface area contributed by atoms with Crippen LogP contribution in [-0.4, -0.2) is 20.7 Å². The van der Waals surface area contributed by atoms with Gasteiger partial charge >= 0.3 is 11.4 Å². The summed E-state index contributed by atoms with van der Waals surface area (Å²) in [6.07, 6.45) is 0. The third-order valence-electron chi connectivity index (χ3n) is 3.45. The van der Waals surface area contributed by atoms with Crippen LogP contribution in [0.25, 0.3) is 5.69 Å². The van der Waals surface area contributed by atoms with Gasteiger partial charge in [0.2, 0.25) is 0 Å². The molecule has 2 aromatic carbocycles. The molecule has 24 heavy (non-hydrogen) atoms. The molecule has 3 aromatic rings. The lowest BCUT2D eigenvalue weighted by Gasteiger charge is -2.07. The van der Waals surface area contributed by atoms with Gasteiger partial charge in [-0.1, -0.05) is 17.7 Å². The van der Waals surface area contributed by atoms with Crippen molar-refractivity contribution >= 4 is 23.2 Å². The average molecular weight is 345 g/mol. The quantitative estimate of drug-likeness (QED) is 0.678. The van der Waals surface area contributed by atoms with E-state index >= 15 is 0 Å². The minimum Gasteiger partial charge on any atom is -0.322 e. The molecular weight excluding hydrogens is 332 g/mol. The third-order valence-corrected chi connectivity index (χ3v) is 3.86. The van der Waals surface area contributed by atoms with Crippen LogP contribution in [0.3, 0.4) is 0 Å². The van der Waals surface area contributed by atoms with E-state index in [9.17, 15) is 14.4 Å². The number of aromatic nitrogens is 3. The molecule has 0 fully saturated rings. The summed E-state index contributed by atoms with van der Waals surface area (Å²) in [6.45, 7) is 1.87. The highest BCUT2D eigenvalue weighted by atomic mass is 35.5. The Morgan fingerprint density at radius 3 is 2.42 bits per heavy atom. The summed E-state index contributed by atoms with van der Waals surface area (Å²) in [7, 11) is 0. The van der Waals surface area contributed by atoms with Crippen LogP contribution in [0.1, 0.15) is 15.9 Å². The molecule has 0 saturated heterocycles. The highest BCUT2D eigenvalue weighted by Gasteiger charge is 2.09. The zero-order chi connectivity index (χ0) is 17.3. The lowest BCUT2D eigenvalue weighted by atomic mass is 10.1. The number of halogens is 1. The monoisotopic (exact) mass is 344 g/mol. The van der Waals surface area contributed by atoms with Gasteiger partial charge in [0.05, 0.1) is 5.69 Å². The topological polar surface area (TPSA) is 99.8 Å². The van der Waals surface area contributed by atoms with Crippen LogP contribution in [0.5, 0.6) is 0 Å². The molecule has 1 heterocycles. The molecule has 0 bridgehead atoms. The Labute approximate surface area is 140 Å². The molecule has 0 unspecified atom stereocenters. The van der Waals surface area contributed by atoms with Gasteiger partial charge < -0.3 is 5.32 Å². The van der Waals surface area contributed by atoms with Crippen LogP contribution in [0, 0.1) is 6.92 Å². The van der Waals surface area contributed by atoms with Crippen LogP contribution in [0.15, 0.2) is 52.1 Å². The normalized spacial score (nSPS) is 10.6. The van der Waals surface area contributed by atoms with E-state index in [0.29, 0.717) is 22.0 Å². The largest absolute Gasteiger partial charge is 0.349 e. The third kappa shape index (κ3) is 3.16. The number of benzene rings is 2. The number of aromatic amines is 2. The standard InChI is InChI=1S/C16H13ClN4O3/c1-9-2-5-11(8-13(9)17)18-14(22)10-3-6-12(7-4-10)21-16(24)19-15(23)20-21/h2-8H,1H3,(H,18,22)(H2,19,20,23,24). The van der Waals surface area contributed by atoms with Crippen LogP contribution in [0.4, 0.5) is 5.69 Å². The SMILES string of the molecule is Cc1ccc(NC(=O)c2ccc(-n3[nH]c(=O)[nH]c3=O)cc2)cc1Cl. The molecule has 3 N–H and O–H groups in total. The Kier molecular flexibility index (Phi) is 4.09. The Balaban J connectivity index is 1.81. The lowest BCUT2D eigenvalue weighted by Crippen LogP contribution is -2.16. The molecule has 0 radical (unpaired) electrons. The van der Waals surface area contributed by atoms with Crippen LogP contribution in [0.2, 0.25) is 5.02 Å². The van der Waals surface area contributed by atoms with Gasteiger partial charge in [-0.2, -0.15) is 0 Å². The molecule has 0 aliphatic carbocycles. The van der Waals surface area contributed by atoms with Gasteiger partial charge in [0.25, 0.3) is 5.91 Å². The first-order valence-corrected chi connectivity index (χ1v) is 7.41. The molecular formula is C16H13ClN4O3. The van der Waals surface area contributed by atoms with Crippen molar-refractivity contribution in [3.05, 3.63) is 79.6 Å². The highest BCUT2D eigenvalue weighted by Crippen LogP contribution is 2.20. The number of hydrogen-bond donors (Lipinski definition) is 3. The van der Waals surface area contributed by atoms with Gasteiger partial charge in [0, 0.05) is 16.3 Å². The Bertz CT molecular complexity index is 1010. The maximum Gasteiger partial charge on any atom is 0.349 e. The van der Waals surface area contributed by atoms with Crippen molar-refractivity contribution in [2.75, 3.05) is 5.32 Å². The van der Waals surface area contributed by atoms with E-state index in [2.05, 4.69) is 15.4 Å². The van der Waals surface area contributed by atoms with E-state index in [1.165, 1.54) is 0 Å². The van der Waals surface area contributed by atoms with Gasteiger partial charge in [-0.25, -0.2) is 19.4 Å². The fourth-order valence-electron chi connectivity index (χ4n) is 2.15. The number of rotatable bonds is 3. The van der Waals surface area contributed by atoms with Crippen molar-refractivity contribution in [3.63, 3.8) is 0 Å². The molecule has 7 nitrogen and oxygen atoms in total. The number of hydrogen-bond acceptors (Lipinski definition) is 3. The summed E-state index contributed by atoms with van der Waals surface area (Å²) in [6, 6.07) is 11.5. The van der Waals surface area contributed by atoms with Crippen molar-refractivity contribution in [2.45, 2.75) is 6.92 Å². The Hall–Kier alpha value is -3.06. The Morgan fingerprint density at radius 1 is 1.12 bits per heavy atom. The molecule has 0 atom stereocenters. The van der Waals surface area contributed by atoms with Gasteiger partial charge in [-0.05, 0) is 48.9 Å². The van der Waals surface area contributed by atoms with Crippen molar-refractivity contribution in [1.29, 1.82) is 0 Å². The van der Waals surface area contributed by atoms with E-state index in [4.69, 9.17) is 11.6 Å². The van der Waals surface area contributed by atoms with Gasteiger partial charge in [0.1, 0.15) is 0 Å². The summed E-state index contributed by atoms with van der Waals surface area (Å²) < 4.78 is 1.06. The minimum atomic E-state index is -0.599. The van der Waals surface area contributed by atoms with Crippen molar-refractivity contribution in [2.24, 2.45) is 0 Å². The van der Waals surface area contributed by atoms with Crippen molar-refractivity contribution in [3.8, 4) is 5.69 Å². The maximum atomic E-state index is 12.2. The predicted octanol–water partition coefficient (Wildman–Crippen LogP) is 2.07. The van der Waals surface area contributed by atoms with E-state index < -0.39 is 11.4 Å². The minimum absolute atomic E-state index is 0.309. The molecule has 3 rings (SSSR count). The number of nitrogens with one attached hydrogen (secondary N) is 3. The average Bonchev–Trinajstić information content (AvgIpc) is 2.89. The maximum absolute atomic E-state index is 12.2. The molecule has 122 valence electrons. The number of carbonyl (C=O) groups is 1. The van der Waals surface area contributed by atoms with Crippen LogP contribution in [-0.2, 0) is 0 Å². The van der Waals surface area contributed by atoms with E-state index in [-0.39, 0.29) is 5.91 Å². The lowest BCUT2D eigenvalue weighted by molar-refractivity contribution is 0.102. The predicted molar refractivity (Wildman–Crippen MR) is 91.2 cm³/mol. The number of aryl methyl sites for hydroxylation is 1. The van der Waals surface area contributed by atoms with E-state index in [1.807, 2.05) is 13.0 Å². The highest BCUT2D eigenvalue weighted by molar-refractivity contribution is 6.31. The summed E-state index contributed by atoms with van der Waals surface area (Å²) in [4.78, 5) is 37.0. The van der Waals surface area contributed by atoms with E-state index in [0.717, 1.165) is 10.2 Å². The second kappa shape index (κ2) is 6.21. The molecule has 8 heteroatoms. The molecule has 1 aromatic heterocycles. The van der Waals surface area contributed by atoms with Crippen molar-refractivity contribution < 1.29 is 4.79 Å². The summed E-state index contributed by atoms with van der Waals surface area (Å²) in [5.74, 6) is -0.309. The first-order valence-electron chi connectivity index (χ1n) is 7.03. The summed E-state index contributed by atoms with van der Waals surface area (Å²) in [5, 5.41) is 5.65. The molecule has 1 amide bonds. The molecule has 0 aliphatic heterocycles. The van der Waals surface area contributed by atoms with Crippen LogP contribution < -0.4 is 16.7 Å². The number of amides is 1. The second-order valence-electron chi connectivity index (χ2n) is 5.17. The van der Waals surface area contributed by atoms with Gasteiger partial charge in [-0.15, -0.1) is 0 Å². The first-order chi connectivity index (χ1) is 11.4.